The zero-order valence-corrected chi connectivity index (χ0v) is 22.3. The Labute approximate surface area is 201 Å². The van der Waals surface area contributed by atoms with Gasteiger partial charge in [-0.15, -0.1) is 11.3 Å². The molecule has 1 unspecified atom stereocenters. The Morgan fingerprint density at radius 1 is 1.18 bits per heavy atom. The average Bonchev–Trinajstić information content (AvgIpc) is 3.24. The predicted octanol–water partition coefficient (Wildman–Crippen LogP) is 6.03. The van der Waals surface area contributed by atoms with Crippen LogP contribution in [0.15, 0.2) is 48.7 Å². The fourth-order valence-corrected chi connectivity index (χ4v) is 13.3. The number of aromatic nitrogens is 1. The highest BCUT2D eigenvalue weighted by atomic mass is 32.2. The summed E-state index contributed by atoms with van der Waals surface area (Å²) < 4.78 is 31.9. The van der Waals surface area contributed by atoms with Crippen molar-refractivity contribution in [1.82, 2.24) is 4.98 Å². The first-order valence-electron chi connectivity index (χ1n) is 11.4. The smallest absolute Gasteiger partial charge is 0.308 e. The first-order valence-corrected chi connectivity index (χ1v) is 17.5. The topological polar surface area (TPSA) is 73.3 Å². The number of thiophene rings is 1. The minimum absolute atomic E-state index is 0.113. The third-order valence-electron chi connectivity index (χ3n) is 6.53. The van der Waals surface area contributed by atoms with Crippen molar-refractivity contribution in [3.63, 3.8) is 0 Å². The molecule has 0 N–H and O–H groups in total. The Morgan fingerprint density at radius 3 is 2.67 bits per heavy atom. The van der Waals surface area contributed by atoms with Crippen LogP contribution >= 0.6 is 11.3 Å². The van der Waals surface area contributed by atoms with E-state index < -0.39 is 28.2 Å². The number of benzene rings is 1. The van der Waals surface area contributed by atoms with E-state index in [2.05, 4.69) is 30.7 Å². The number of esters is 1. The van der Waals surface area contributed by atoms with Gasteiger partial charge in [0.1, 0.15) is 4.75 Å². The molecule has 0 amide bonds. The number of nitrogens with zero attached hydrogens (tertiary/aromatic N) is 1. The van der Waals surface area contributed by atoms with Crippen LogP contribution in [0.3, 0.4) is 0 Å². The predicted molar refractivity (Wildman–Crippen MR) is 138 cm³/mol. The summed E-state index contributed by atoms with van der Waals surface area (Å²) in [5.74, 6) is -0.253. The summed E-state index contributed by atoms with van der Waals surface area (Å²) in [6, 6.07) is 14.0. The van der Waals surface area contributed by atoms with Crippen molar-refractivity contribution in [2.45, 2.75) is 56.1 Å². The maximum atomic E-state index is 13.8. The monoisotopic (exact) mass is 501 g/mol. The van der Waals surface area contributed by atoms with Gasteiger partial charge in [-0.3, -0.25) is 9.78 Å². The molecule has 8 heteroatoms. The van der Waals surface area contributed by atoms with Crippen LogP contribution in [0.5, 0.6) is 0 Å². The molecule has 3 aromatic rings. The molecule has 0 bridgehead atoms. The van der Waals surface area contributed by atoms with Crippen molar-refractivity contribution in [2.75, 3.05) is 12.4 Å². The van der Waals surface area contributed by atoms with Gasteiger partial charge in [0.05, 0.1) is 31.5 Å². The lowest BCUT2D eigenvalue weighted by Crippen LogP contribution is -2.54. The van der Waals surface area contributed by atoms with E-state index in [1.165, 1.54) is 11.3 Å². The van der Waals surface area contributed by atoms with Gasteiger partial charge in [0.15, 0.2) is 9.84 Å². The number of rotatable bonds is 6. The van der Waals surface area contributed by atoms with Crippen LogP contribution in [0, 0.1) is 0 Å². The van der Waals surface area contributed by atoms with Crippen LogP contribution in [0.4, 0.5) is 0 Å². The molecule has 1 aromatic carbocycles. The van der Waals surface area contributed by atoms with Gasteiger partial charge in [-0.05, 0) is 55.7 Å². The highest BCUT2D eigenvalue weighted by Gasteiger charge is 2.60. The molecule has 0 spiro atoms. The zero-order valence-electron chi connectivity index (χ0n) is 19.6. The van der Waals surface area contributed by atoms with E-state index in [4.69, 9.17) is 4.74 Å². The first kappa shape index (κ1) is 24.1. The Bertz CT molecular complexity index is 1280. The molecule has 176 valence electrons. The zero-order chi connectivity index (χ0) is 23.9. The van der Waals surface area contributed by atoms with Gasteiger partial charge < -0.3 is 4.74 Å². The second-order valence-electron chi connectivity index (χ2n) is 9.79. The van der Waals surface area contributed by atoms with Gasteiger partial charge in [0, 0.05) is 21.3 Å². The quantitative estimate of drug-likeness (QED) is 0.305. The Hall–Kier alpha value is -2.03. The number of sulfone groups is 1. The normalized spacial score (nSPS) is 21.6. The van der Waals surface area contributed by atoms with Crippen LogP contribution in [0.2, 0.25) is 25.2 Å². The summed E-state index contributed by atoms with van der Waals surface area (Å²) in [5.41, 5.74) is 1.30. The lowest BCUT2D eigenvalue weighted by Gasteiger charge is -2.45. The minimum Gasteiger partial charge on any atom is -0.466 e. The second kappa shape index (κ2) is 8.96. The van der Waals surface area contributed by atoms with Gasteiger partial charge in [-0.2, -0.15) is 0 Å². The van der Waals surface area contributed by atoms with Gasteiger partial charge in [0.25, 0.3) is 0 Å². The van der Waals surface area contributed by atoms with Gasteiger partial charge in [0.2, 0.25) is 0 Å². The fraction of sp³-hybridized carbons (Fsp3) is 0.440. The molecule has 0 radical (unpaired) electrons. The summed E-state index contributed by atoms with van der Waals surface area (Å²) >= 11 is 1.50. The van der Waals surface area contributed by atoms with Crippen LogP contribution in [-0.4, -0.2) is 39.8 Å². The summed E-state index contributed by atoms with van der Waals surface area (Å²) in [4.78, 5) is 19.5. The number of hydrogen-bond acceptors (Lipinski definition) is 6. The highest BCUT2D eigenvalue weighted by Crippen LogP contribution is 2.55. The largest absolute Gasteiger partial charge is 0.466 e. The summed E-state index contributed by atoms with van der Waals surface area (Å²) in [6.45, 7) is 8.25. The summed E-state index contributed by atoms with van der Waals surface area (Å²) in [5, 5.41) is 1.04. The van der Waals surface area contributed by atoms with E-state index >= 15 is 0 Å². The lowest BCUT2D eigenvalue weighted by atomic mass is 9.94. The van der Waals surface area contributed by atoms with E-state index in [0.29, 0.717) is 12.8 Å². The molecule has 5 nitrogen and oxygen atoms in total. The van der Waals surface area contributed by atoms with Crippen LogP contribution in [0.1, 0.15) is 31.1 Å². The first-order chi connectivity index (χ1) is 15.6. The molecule has 1 aliphatic heterocycles. The highest BCUT2D eigenvalue weighted by molar-refractivity contribution is 7.92. The van der Waals surface area contributed by atoms with Crippen molar-refractivity contribution in [3.8, 4) is 10.4 Å². The number of ether oxygens (including phenoxy) is 1. The Balaban J connectivity index is 1.89. The number of hydrogen-bond donors (Lipinski definition) is 0. The summed E-state index contributed by atoms with van der Waals surface area (Å²) in [6.07, 6.45) is 3.66. The molecular weight excluding hydrogens is 470 g/mol. The fourth-order valence-electron chi connectivity index (χ4n) is 5.18. The molecule has 33 heavy (non-hydrogen) atoms. The minimum atomic E-state index is -3.55. The van der Waals surface area contributed by atoms with E-state index in [1.54, 1.807) is 13.1 Å². The van der Waals surface area contributed by atoms with Crippen molar-refractivity contribution in [2.24, 2.45) is 0 Å². The van der Waals surface area contributed by atoms with Crippen molar-refractivity contribution < 1.29 is 17.9 Å². The van der Waals surface area contributed by atoms with E-state index in [9.17, 15) is 13.2 Å². The molecule has 2 atom stereocenters. The van der Waals surface area contributed by atoms with Crippen molar-refractivity contribution in [3.05, 3.63) is 53.5 Å². The van der Waals surface area contributed by atoms with Gasteiger partial charge in [-0.1, -0.05) is 38.2 Å². The van der Waals surface area contributed by atoms with E-state index in [1.807, 2.05) is 36.4 Å². The molecular formula is C25H31NO4S2Si. The SMILES string of the molecule is CCOC(=O)C([C@]1(c2ccc(-c3ccc4ncccc4c3)s2)CCCCS1(=O)=O)[Si](C)(C)C. The number of pyridine rings is 1. The number of carbonyl (C=O) groups is 1. The van der Waals surface area contributed by atoms with Crippen LogP contribution in [0.25, 0.3) is 21.3 Å². The molecule has 0 saturated carbocycles. The molecule has 1 saturated heterocycles. The molecule has 4 rings (SSSR count). The maximum absolute atomic E-state index is 13.8. The Morgan fingerprint density at radius 2 is 1.97 bits per heavy atom. The van der Waals surface area contributed by atoms with Gasteiger partial charge in [-0.25, -0.2) is 8.42 Å². The molecule has 1 aliphatic rings. The standard InChI is InChI=1S/C25H31NO4S2Si/c1-5-30-24(27)23(33(2,3)4)25(14-6-7-16-32(25,28)29)22-13-12-21(31-22)19-10-11-20-18(17-19)9-8-15-26-20/h8-13,15,17,23H,5-7,14,16H2,1-4H3/t23?,25-/m1/s1. The Kier molecular flexibility index (Phi) is 6.55. The molecule has 0 aliphatic carbocycles. The summed E-state index contributed by atoms with van der Waals surface area (Å²) in [7, 11) is -5.83. The second-order valence-corrected chi connectivity index (χ2v) is 18.6. The molecule has 3 heterocycles. The lowest BCUT2D eigenvalue weighted by molar-refractivity contribution is -0.144. The maximum Gasteiger partial charge on any atom is 0.308 e. The third kappa shape index (κ3) is 4.28. The third-order valence-corrected chi connectivity index (χ3v) is 13.2. The van der Waals surface area contributed by atoms with Crippen molar-refractivity contribution in [1.29, 1.82) is 0 Å². The van der Waals surface area contributed by atoms with Gasteiger partial charge >= 0.3 is 5.97 Å². The van der Waals surface area contributed by atoms with E-state index in [0.717, 1.165) is 32.6 Å². The van der Waals surface area contributed by atoms with Crippen LogP contribution < -0.4 is 0 Å². The van der Waals surface area contributed by atoms with E-state index in [-0.39, 0.29) is 18.3 Å². The number of carbonyl (C=O) groups excluding carboxylic acids is 1. The van der Waals surface area contributed by atoms with Crippen molar-refractivity contribution >= 4 is 46.1 Å². The van der Waals surface area contributed by atoms with Crippen LogP contribution in [-0.2, 0) is 24.1 Å². The molecule has 2 aromatic heterocycles. The number of fused-ring (bicyclic) bond motifs is 1. The molecule has 1 fully saturated rings. The average molecular weight is 502 g/mol.